The second-order valence-electron chi connectivity index (χ2n) is 3.14. The molecular weight excluding hydrogens is 176 g/mol. The zero-order chi connectivity index (χ0) is 9.80. The van der Waals surface area contributed by atoms with Crippen LogP contribution in [-0.4, -0.2) is 18.3 Å². The second kappa shape index (κ2) is 4.11. The number of aromatic hydroxyl groups is 1. The van der Waals surface area contributed by atoms with Crippen LogP contribution in [0, 0.1) is 0 Å². The van der Waals surface area contributed by atoms with Gasteiger partial charge in [-0.25, -0.2) is 0 Å². The minimum atomic E-state index is 0.323. The van der Waals surface area contributed by atoms with E-state index in [4.69, 9.17) is 5.11 Å². The van der Waals surface area contributed by atoms with Gasteiger partial charge in [0.1, 0.15) is 5.75 Å². The molecule has 3 rings (SSSR count). The minimum absolute atomic E-state index is 0.323. The van der Waals surface area contributed by atoms with Crippen LogP contribution in [0.5, 0.6) is 5.75 Å². The summed E-state index contributed by atoms with van der Waals surface area (Å²) in [5.74, 6) is 0.323. The Morgan fingerprint density at radius 2 is 1.57 bits per heavy atom. The highest BCUT2D eigenvalue weighted by atomic mass is 16.6. The smallest absolute Gasteiger partial charge is 0.116 e. The highest BCUT2D eigenvalue weighted by Gasteiger charge is 1.94. The van der Waals surface area contributed by atoms with E-state index in [1.807, 2.05) is 30.3 Å². The number of phenols is 1. The largest absolute Gasteiger partial charge is 0.508 e. The van der Waals surface area contributed by atoms with Crippen molar-refractivity contribution in [1.29, 1.82) is 0 Å². The van der Waals surface area contributed by atoms with Crippen molar-refractivity contribution >= 4 is 10.8 Å². The summed E-state index contributed by atoms with van der Waals surface area (Å²) in [7, 11) is 0. The fourth-order valence-electron chi connectivity index (χ4n) is 1.18. The van der Waals surface area contributed by atoms with E-state index in [-0.39, 0.29) is 0 Å². The summed E-state index contributed by atoms with van der Waals surface area (Å²) in [5.41, 5.74) is 0. The normalized spacial score (nSPS) is 13.1. The Balaban J connectivity index is 0.000000214. The first-order valence-electron chi connectivity index (χ1n) is 4.62. The Labute approximate surface area is 82.8 Å². The Hall–Kier alpha value is -1.54. The van der Waals surface area contributed by atoms with Crippen LogP contribution < -0.4 is 0 Å². The molecule has 2 aromatic carbocycles. The van der Waals surface area contributed by atoms with E-state index in [1.165, 1.54) is 0 Å². The van der Waals surface area contributed by atoms with Gasteiger partial charge in [-0.2, -0.15) is 0 Å². The Bertz CT molecular complexity index is 419. The van der Waals surface area contributed by atoms with Crippen LogP contribution in [0.2, 0.25) is 0 Å². The van der Waals surface area contributed by atoms with E-state index in [0.717, 1.165) is 24.0 Å². The van der Waals surface area contributed by atoms with Gasteiger partial charge in [0.05, 0.1) is 13.2 Å². The van der Waals surface area contributed by atoms with Crippen molar-refractivity contribution in [3.8, 4) is 5.75 Å². The second-order valence-corrected chi connectivity index (χ2v) is 3.14. The number of ether oxygens (including phenoxy) is 1. The average molecular weight is 188 g/mol. The maximum absolute atomic E-state index is 9.13. The first-order valence-corrected chi connectivity index (χ1v) is 4.62. The van der Waals surface area contributed by atoms with E-state index in [0.29, 0.717) is 5.75 Å². The first kappa shape index (κ1) is 9.03. The fraction of sp³-hybridized carbons (Fsp3) is 0.167. The predicted octanol–water partition coefficient (Wildman–Crippen LogP) is 2.56. The molecule has 0 saturated carbocycles. The zero-order valence-corrected chi connectivity index (χ0v) is 7.81. The van der Waals surface area contributed by atoms with Gasteiger partial charge in [0.25, 0.3) is 0 Å². The van der Waals surface area contributed by atoms with Crippen LogP contribution in [0.1, 0.15) is 0 Å². The van der Waals surface area contributed by atoms with Gasteiger partial charge < -0.3 is 9.84 Å². The molecule has 14 heavy (non-hydrogen) atoms. The zero-order valence-electron chi connectivity index (χ0n) is 7.81. The summed E-state index contributed by atoms with van der Waals surface area (Å²) < 4.78 is 4.50. The lowest BCUT2D eigenvalue weighted by atomic mass is 10.1. The Morgan fingerprint density at radius 1 is 0.929 bits per heavy atom. The average Bonchev–Trinajstić information content (AvgIpc) is 3.04. The van der Waals surface area contributed by atoms with Crippen LogP contribution in [0.15, 0.2) is 42.5 Å². The van der Waals surface area contributed by atoms with E-state index in [9.17, 15) is 0 Å². The van der Waals surface area contributed by atoms with Crippen LogP contribution in [0.25, 0.3) is 10.8 Å². The molecule has 0 atom stereocenters. The quantitative estimate of drug-likeness (QED) is 0.644. The van der Waals surface area contributed by atoms with E-state index >= 15 is 0 Å². The molecule has 2 aromatic rings. The Kier molecular flexibility index (Phi) is 2.65. The highest BCUT2D eigenvalue weighted by Crippen LogP contribution is 2.18. The van der Waals surface area contributed by atoms with Crippen molar-refractivity contribution in [3.63, 3.8) is 0 Å². The molecule has 1 aliphatic heterocycles. The molecule has 0 unspecified atom stereocenters. The maximum Gasteiger partial charge on any atom is 0.116 e. The molecule has 1 heterocycles. The maximum atomic E-state index is 9.13. The van der Waals surface area contributed by atoms with Crippen LogP contribution in [-0.2, 0) is 4.74 Å². The number of fused-ring (bicyclic) bond motifs is 1. The standard InChI is InChI=1S/C10H8O.C2H4O/c11-10-6-5-8-3-1-2-4-9(8)7-10;1-2-3-1/h1-7,11H;1-2H2. The molecule has 0 aliphatic carbocycles. The minimum Gasteiger partial charge on any atom is -0.508 e. The van der Waals surface area contributed by atoms with Crippen molar-refractivity contribution in [2.24, 2.45) is 0 Å². The van der Waals surface area contributed by atoms with Gasteiger partial charge >= 0.3 is 0 Å². The summed E-state index contributed by atoms with van der Waals surface area (Å²) in [4.78, 5) is 0. The fourth-order valence-corrected chi connectivity index (χ4v) is 1.18. The van der Waals surface area contributed by atoms with Gasteiger partial charge in [0.15, 0.2) is 0 Å². The van der Waals surface area contributed by atoms with Crippen molar-refractivity contribution in [3.05, 3.63) is 42.5 Å². The number of phenolic OH excluding ortho intramolecular Hbond substituents is 1. The van der Waals surface area contributed by atoms with Gasteiger partial charge in [0.2, 0.25) is 0 Å². The van der Waals surface area contributed by atoms with E-state index < -0.39 is 0 Å². The highest BCUT2D eigenvalue weighted by molar-refractivity contribution is 5.83. The van der Waals surface area contributed by atoms with Crippen LogP contribution >= 0.6 is 0 Å². The van der Waals surface area contributed by atoms with E-state index in [2.05, 4.69) is 4.74 Å². The molecule has 2 heteroatoms. The lowest BCUT2D eigenvalue weighted by Gasteiger charge is -1.96. The number of hydrogen-bond donors (Lipinski definition) is 1. The molecule has 0 amide bonds. The molecule has 1 N–H and O–H groups in total. The molecule has 0 radical (unpaired) electrons. The number of epoxide rings is 1. The van der Waals surface area contributed by atoms with Gasteiger partial charge in [0, 0.05) is 0 Å². The lowest BCUT2D eigenvalue weighted by molar-refractivity contribution is 0.475. The molecule has 0 aromatic heterocycles. The molecule has 1 fully saturated rings. The molecule has 72 valence electrons. The molecule has 0 spiro atoms. The third-order valence-electron chi connectivity index (χ3n) is 1.94. The molecule has 1 aliphatic rings. The van der Waals surface area contributed by atoms with Crippen LogP contribution in [0.3, 0.4) is 0 Å². The van der Waals surface area contributed by atoms with Crippen molar-refractivity contribution in [2.75, 3.05) is 13.2 Å². The third kappa shape index (κ3) is 2.47. The summed E-state index contributed by atoms with van der Waals surface area (Å²) in [6, 6.07) is 13.3. The topological polar surface area (TPSA) is 32.8 Å². The summed E-state index contributed by atoms with van der Waals surface area (Å²) in [5, 5.41) is 11.4. The number of rotatable bonds is 0. The number of hydrogen-bond acceptors (Lipinski definition) is 2. The van der Waals surface area contributed by atoms with Crippen molar-refractivity contribution < 1.29 is 9.84 Å². The lowest BCUT2D eigenvalue weighted by Crippen LogP contribution is -1.69. The summed E-state index contributed by atoms with van der Waals surface area (Å²) >= 11 is 0. The van der Waals surface area contributed by atoms with Crippen LogP contribution in [0.4, 0.5) is 0 Å². The summed E-state index contributed by atoms with van der Waals surface area (Å²) in [6.07, 6.45) is 0. The van der Waals surface area contributed by atoms with Gasteiger partial charge in [-0.3, -0.25) is 0 Å². The van der Waals surface area contributed by atoms with Gasteiger partial charge in [-0.05, 0) is 22.9 Å². The molecular formula is C12H12O2. The molecule has 2 nitrogen and oxygen atoms in total. The molecule has 1 saturated heterocycles. The van der Waals surface area contributed by atoms with Crippen molar-refractivity contribution in [1.82, 2.24) is 0 Å². The van der Waals surface area contributed by atoms with Crippen molar-refractivity contribution in [2.45, 2.75) is 0 Å². The van der Waals surface area contributed by atoms with E-state index in [1.54, 1.807) is 12.1 Å². The number of benzene rings is 2. The monoisotopic (exact) mass is 188 g/mol. The predicted molar refractivity (Wildman–Crippen MR) is 56.4 cm³/mol. The third-order valence-corrected chi connectivity index (χ3v) is 1.94. The summed E-state index contributed by atoms with van der Waals surface area (Å²) in [6.45, 7) is 2.00. The molecule has 0 bridgehead atoms. The van der Waals surface area contributed by atoms with Gasteiger partial charge in [-0.15, -0.1) is 0 Å². The Morgan fingerprint density at radius 3 is 2.21 bits per heavy atom. The first-order chi connectivity index (χ1) is 6.86. The van der Waals surface area contributed by atoms with Gasteiger partial charge in [-0.1, -0.05) is 30.3 Å². The SMILES string of the molecule is C1CO1.Oc1ccc2ccccc2c1.